The average Bonchev–Trinajstić information content (AvgIpc) is 2.29. The summed E-state index contributed by atoms with van der Waals surface area (Å²) in [6.45, 7) is -0.510. The first kappa shape index (κ1) is 9.53. The van der Waals surface area contributed by atoms with Crippen LogP contribution in [0.4, 0.5) is 13.2 Å². The third kappa shape index (κ3) is 1.61. The number of H-pyrrole nitrogens is 1. The van der Waals surface area contributed by atoms with E-state index in [0.29, 0.717) is 0 Å². The zero-order chi connectivity index (χ0) is 9.35. The first-order valence-corrected chi connectivity index (χ1v) is 3.67. The van der Waals surface area contributed by atoms with Gasteiger partial charge in [0.15, 0.2) is 5.69 Å². The molecular formula is C5H4BrF3N2O. The number of aromatic amines is 1. The van der Waals surface area contributed by atoms with Crippen LogP contribution in [0.3, 0.4) is 0 Å². The fourth-order valence-corrected chi connectivity index (χ4v) is 1.18. The number of aliphatic hydroxyl groups is 1. The Morgan fingerprint density at radius 3 is 2.33 bits per heavy atom. The lowest BCUT2D eigenvalue weighted by atomic mass is 10.3. The number of nitrogens with zero attached hydrogens (tertiary/aromatic N) is 1. The maximum Gasteiger partial charge on any atom is 0.436 e. The second-order valence-corrected chi connectivity index (χ2v) is 2.81. The van der Waals surface area contributed by atoms with Crippen LogP contribution in [0.2, 0.25) is 0 Å². The molecule has 0 radical (unpaired) electrons. The molecule has 1 rings (SSSR count). The first-order valence-electron chi connectivity index (χ1n) is 2.87. The van der Waals surface area contributed by atoms with Gasteiger partial charge in [0.05, 0.1) is 16.8 Å². The Balaban J connectivity index is 3.11. The molecule has 0 aliphatic heterocycles. The minimum atomic E-state index is -4.50. The third-order valence-corrected chi connectivity index (χ3v) is 2.06. The molecule has 0 saturated carbocycles. The van der Waals surface area contributed by atoms with Gasteiger partial charge in [0.25, 0.3) is 0 Å². The minimum absolute atomic E-state index is 0.0160. The standard InChI is InChI=1S/C5H4BrF3N2O/c6-3-2(1-12)10-11-4(3)5(7,8)9/h12H,1H2,(H,10,11). The quantitative estimate of drug-likeness (QED) is 0.790. The van der Waals surface area contributed by atoms with Crippen LogP contribution in [-0.2, 0) is 12.8 Å². The lowest BCUT2D eigenvalue weighted by Crippen LogP contribution is -2.06. The Hall–Kier alpha value is -0.560. The summed E-state index contributed by atoms with van der Waals surface area (Å²) in [5, 5.41) is 13.6. The van der Waals surface area contributed by atoms with Gasteiger partial charge >= 0.3 is 6.18 Å². The molecule has 0 aliphatic rings. The van der Waals surface area contributed by atoms with E-state index in [2.05, 4.69) is 26.1 Å². The molecule has 0 unspecified atom stereocenters. The number of nitrogens with one attached hydrogen (secondary N) is 1. The molecule has 68 valence electrons. The molecule has 1 heterocycles. The predicted octanol–water partition coefficient (Wildman–Crippen LogP) is 1.68. The number of aliphatic hydroxyl groups excluding tert-OH is 1. The molecule has 0 spiro atoms. The van der Waals surface area contributed by atoms with Crippen molar-refractivity contribution in [2.45, 2.75) is 12.8 Å². The molecule has 12 heavy (non-hydrogen) atoms. The number of hydrogen-bond donors (Lipinski definition) is 2. The Bertz CT molecular complexity index is 283. The molecule has 0 atom stereocenters. The highest BCUT2D eigenvalue weighted by Gasteiger charge is 2.37. The Kier molecular flexibility index (Phi) is 2.43. The average molecular weight is 245 g/mol. The fraction of sp³-hybridized carbons (Fsp3) is 0.400. The molecule has 1 aromatic rings. The summed E-state index contributed by atoms with van der Waals surface area (Å²) in [4.78, 5) is 0. The highest BCUT2D eigenvalue weighted by molar-refractivity contribution is 9.10. The summed E-state index contributed by atoms with van der Waals surface area (Å²) in [7, 11) is 0. The van der Waals surface area contributed by atoms with Crippen molar-refractivity contribution in [1.29, 1.82) is 0 Å². The molecule has 0 fully saturated rings. The number of aromatic nitrogens is 2. The van der Waals surface area contributed by atoms with Crippen LogP contribution in [0.15, 0.2) is 4.47 Å². The second kappa shape index (κ2) is 3.06. The van der Waals surface area contributed by atoms with E-state index in [-0.39, 0.29) is 10.2 Å². The molecule has 7 heteroatoms. The molecule has 0 saturated heterocycles. The van der Waals surface area contributed by atoms with Gasteiger partial charge in [-0.15, -0.1) is 0 Å². The molecule has 3 nitrogen and oxygen atoms in total. The van der Waals surface area contributed by atoms with Crippen LogP contribution in [-0.4, -0.2) is 15.3 Å². The molecule has 0 amide bonds. The number of hydrogen-bond acceptors (Lipinski definition) is 2. The van der Waals surface area contributed by atoms with E-state index in [4.69, 9.17) is 5.11 Å². The van der Waals surface area contributed by atoms with E-state index >= 15 is 0 Å². The van der Waals surface area contributed by atoms with Crippen LogP contribution in [0.5, 0.6) is 0 Å². The van der Waals surface area contributed by atoms with Crippen molar-refractivity contribution < 1.29 is 18.3 Å². The van der Waals surface area contributed by atoms with Crippen LogP contribution in [0, 0.1) is 0 Å². The minimum Gasteiger partial charge on any atom is -0.390 e. The first-order chi connectivity index (χ1) is 5.46. The van der Waals surface area contributed by atoms with Crippen molar-refractivity contribution in [3.8, 4) is 0 Å². The van der Waals surface area contributed by atoms with Crippen molar-refractivity contribution in [2.75, 3.05) is 0 Å². The predicted molar refractivity (Wildman–Crippen MR) is 37.2 cm³/mol. The summed E-state index contributed by atoms with van der Waals surface area (Å²) in [5.74, 6) is 0. The highest BCUT2D eigenvalue weighted by Crippen LogP contribution is 2.34. The van der Waals surface area contributed by atoms with Gasteiger partial charge in [-0.05, 0) is 15.9 Å². The summed E-state index contributed by atoms with van der Waals surface area (Å²) >= 11 is 2.67. The smallest absolute Gasteiger partial charge is 0.390 e. The van der Waals surface area contributed by atoms with E-state index in [1.54, 1.807) is 0 Å². The van der Waals surface area contributed by atoms with Gasteiger partial charge in [-0.2, -0.15) is 18.3 Å². The summed E-state index contributed by atoms with van der Waals surface area (Å²) in [6.07, 6.45) is -4.50. The maximum absolute atomic E-state index is 12.0. The van der Waals surface area contributed by atoms with Gasteiger partial charge < -0.3 is 5.11 Å². The van der Waals surface area contributed by atoms with E-state index in [0.717, 1.165) is 0 Å². The zero-order valence-electron chi connectivity index (χ0n) is 5.61. The van der Waals surface area contributed by atoms with Gasteiger partial charge in [0.1, 0.15) is 0 Å². The Labute approximate surface area is 73.7 Å². The second-order valence-electron chi connectivity index (χ2n) is 2.02. The van der Waals surface area contributed by atoms with Crippen LogP contribution in [0.1, 0.15) is 11.4 Å². The topological polar surface area (TPSA) is 48.9 Å². The van der Waals surface area contributed by atoms with Gasteiger partial charge in [0.2, 0.25) is 0 Å². The summed E-state index contributed by atoms with van der Waals surface area (Å²) in [6, 6.07) is 0. The Morgan fingerprint density at radius 2 is 2.08 bits per heavy atom. The van der Waals surface area contributed by atoms with Crippen LogP contribution >= 0.6 is 15.9 Å². The molecule has 0 bridgehead atoms. The van der Waals surface area contributed by atoms with Gasteiger partial charge in [-0.3, -0.25) is 5.10 Å². The van der Waals surface area contributed by atoms with Crippen molar-refractivity contribution in [2.24, 2.45) is 0 Å². The number of rotatable bonds is 1. The monoisotopic (exact) mass is 244 g/mol. The lowest BCUT2D eigenvalue weighted by Gasteiger charge is -2.01. The van der Waals surface area contributed by atoms with E-state index < -0.39 is 18.5 Å². The molecule has 0 aromatic carbocycles. The van der Waals surface area contributed by atoms with Crippen molar-refractivity contribution >= 4 is 15.9 Å². The SMILES string of the molecule is OCc1[nH]nc(C(F)(F)F)c1Br. The molecule has 2 N–H and O–H groups in total. The molecule has 0 aliphatic carbocycles. The van der Waals surface area contributed by atoms with Crippen LogP contribution < -0.4 is 0 Å². The lowest BCUT2D eigenvalue weighted by molar-refractivity contribution is -0.141. The molecular weight excluding hydrogens is 241 g/mol. The van der Waals surface area contributed by atoms with E-state index in [1.165, 1.54) is 0 Å². The van der Waals surface area contributed by atoms with E-state index in [9.17, 15) is 13.2 Å². The summed E-state index contributed by atoms with van der Waals surface area (Å²) < 4.78 is 35.8. The normalized spacial score (nSPS) is 12.1. The maximum atomic E-state index is 12.0. The fourth-order valence-electron chi connectivity index (χ4n) is 0.657. The van der Waals surface area contributed by atoms with Crippen molar-refractivity contribution in [3.63, 3.8) is 0 Å². The van der Waals surface area contributed by atoms with Gasteiger partial charge in [-0.1, -0.05) is 0 Å². The van der Waals surface area contributed by atoms with Crippen LogP contribution in [0.25, 0.3) is 0 Å². The highest BCUT2D eigenvalue weighted by atomic mass is 79.9. The van der Waals surface area contributed by atoms with E-state index in [1.807, 2.05) is 0 Å². The van der Waals surface area contributed by atoms with Crippen molar-refractivity contribution in [1.82, 2.24) is 10.2 Å². The number of halogens is 4. The third-order valence-electron chi connectivity index (χ3n) is 1.20. The number of alkyl halides is 3. The molecule has 1 aromatic heterocycles. The Morgan fingerprint density at radius 1 is 1.50 bits per heavy atom. The van der Waals surface area contributed by atoms with Gasteiger partial charge in [-0.25, -0.2) is 0 Å². The zero-order valence-corrected chi connectivity index (χ0v) is 7.20. The van der Waals surface area contributed by atoms with Gasteiger partial charge in [0, 0.05) is 0 Å². The summed E-state index contributed by atoms with van der Waals surface area (Å²) in [5.41, 5.74) is -1.03. The van der Waals surface area contributed by atoms with Crippen molar-refractivity contribution in [3.05, 3.63) is 15.9 Å². The largest absolute Gasteiger partial charge is 0.436 e.